The first-order valence-electron chi connectivity index (χ1n) is 10.7. The van der Waals surface area contributed by atoms with Gasteiger partial charge in [-0.25, -0.2) is 4.98 Å². The minimum Gasteiger partial charge on any atom is -0.493 e. The summed E-state index contributed by atoms with van der Waals surface area (Å²) in [4.78, 5) is 35.5. The van der Waals surface area contributed by atoms with Gasteiger partial charge in [0, 0.05) is 12.2 Å². The van der Waals surface area contributed by atoms with Gasteiger partial charge in [0.2, 0.25) is 0 Å². The lowest BCUT2D eigenvalue weighted by molar-refractivity contribution is 0.0993. The highest BCUT2D eigenvalue weighted by atomic mass is 16.5. The molecule has 0 N–H and O–H groups in total. The quantitative estimate of drug-likeness (QED) is 0.451. The fourth-order valence-electron chi connectivity index (χ4n) is 3.82. The summed E-state index contributed by atoms with van der Waals surface area (Å²) in [6.45, 7) is 7.88. The van der Waals surface area contributed by atoms with Gasteiger partial charge in [0.15, 0.2) is 5.49 Å². The van der Waals surface area contributed by atoms with E-state index in [9.17, 15) is 14.9 Å². The largest absolute Gasteiger partial charge is 0.493 e. The van der Waals surface area contributed by atoms with Crippen LogP contribution in [0.4, 0.5) is 0 Å². The van der Waals surface area contributed by atoms with Crippen LogP contribution in [0.3, 0.4) is 0 Å². The van der Waals surface area contributed by atoms with Gasteiger partial charge in [0.25, 0.3) is 11.5 Å². The zero-order valence-corrected chi connectivity index (χ0v) is 18.9. The predicted molar refractivity (Wildman–Crippen MR) is 124 cm³/mol. The van der Waals surface area contributed by atoms with Crippen molar-refractivity contribution in [2.45, 2.75) is 33.7 Å². The van der Waals surface area contributed by atoms with Crippen LogP contribution in [-0.4, -0.2) is 26.5 Å². The van der Waals surface area contributed by atoms with Crippen LogP contribution >= 0.6 is 0 Å². The molecule has 1 aromatic carbocycles. The molecule has 0 aliphatic rings. The molecule has 8 nitrogen and oxygen atoms in total. The summed E-state index contributed by atoms with van der Waals surface area (Å²) in [5.41, 5.74) is 1.98. The van der Waals surface area contributed by atoms with Crippen LogP contribution in [0.1, 0.15) is 48.3 Å². The van der Waals surface area contributed by atoms with Gasteiger partial charge in [-0.3, -0.25) is 14.0 Å². The number of hydrogen-bond donors (Lipinski definition) is 0. The number of ether oxygens (including phenoxy) is 1. The van der Waals surface area contributed by atoms with Gasteiger partial charge in [-0.1, -0.05) is 18.2 Å². The highest BCUT2D eigenvalue weighted by Crippen LogP contribution is 2.20. The fraction of sp³-hybridized carbons (Fsp3) is 0.240. The Labute approximate surface area is 190 Å². The molecule has 0 radical (unpaired) electrons. The molecule has 0 aliphatic heterocycles. The minimum atomic E-state index is -0.544. The summed E-state index contributed by atoms with van der Waals surface area (Å²) < 4.78 is 8.70. The normalized spacial score (nSPS) is 11.8. The second-order valence-electron chi connectivity index (χ2n) is 7.84. The number of aromatic nitrogens is 3. The molecule has 166 valence electrons. The molecule has 33 heavy (non-hydrogen) atoms. The number of nitrogens with zero attached hydrogens (tertiary/aromatic N) is 5. The Bertz CT molecular complexity index is 1570. The molecule has 4 aromatic rings. The number of fused-ring (bicyclic) bond motifs is 2. The van der Waals surface area contributed by atoms with E-state index in [-0.39, 0.29) is 28.0 Å². The molecule has 0 unspecified atom stereocenters. The Morgan fingerprint density at radius 1 is 1.21 bits per heavy atom. The predicted octanol–water partition coefficient (Wildman–Crippen LogP) is 3.55. The molecule has 8 heteroatoms. The standard InChI is InChI=1S/C25H23N5O3/c1-5-33-20-11-7-6-10-18(20)24(31)28-22-17(14-26)13-19-23(30(22)15(2)3)27-21-16(4)9-8-12-29(21)25(19)32/h6-13,15H,5H2,1-4H3. The number of nitriles is 1. The summed E-state index contributed by atoms with van der Waals surface area (Å²) in [6, 6.07) is 13.8. The van der Waals surface area contributed by atoms with Crippen molar-refractivity contribution < 1.29 is 9.53 Å². The molecule has 0 aliphatic carbocycles. The van der Waals surface area contributed by atoms with E-state index in [2.05, 4.69) is 11.1 Å². The third kappa shape index (κ3) is 3.78. The lowest BCUT2D eigenvalue weighted by Crippen LogP contribution is -2.30. The Morgan fingerprint density at radius 2 is 1.97 bits per heavy atom. The van der Waals surface area contributed by atoms with Gasteiger partial charge < -0.3 is 9.30 Å². The van der Waals surface area contributed by atoms with E-state index in [1.165, 1.54) is 10.5 Å². The second kappa shape index (κ2) is 8.71. The van der Waals surface area contributed by atoms with E-state index in [1.807, 2.05) is 33.8 Å². The van der Waals surface area contributed by atoms with E-state index in [1.54, 1.807) is 41.1 Å². The number of pyridine rings is 2. The molecular weight excluding hydrogens is 418 g/mol. The number of rotatable bonds is 4. The second-order valence-corrected chi connectivity index (χ2v) is 7.84. The van der Waals surface area contributed by atoms with Crippen molar-refractivity contribution in [3.05, 3.63) is 81.2 Å². The maximum atomic E-state index is 13.2. The summed E-state index contributed by atoms with van der Waals surface area (Å²) in [6.07, 6.45) is 1.65. The van der Waals surface area contributed by atoms with Gasteiger partial charge >= 0.3 is 0 Å². The molecule has 1 amide bonds. The van der Waals surface area contributed by atoms with Gasteiger partial charge in [-0.2, -0.15) is 10.3 Å². The van der Waals surface area contributed by atoms with E-state index < -0.39 is 5.91 Å². The van der Waals surface area contributed by atoms with Crippen molar-refractivity contribution in [2.24, 2.45) is 4.99 Å². The van der Waals surface area contributed by atoms with E-state index in [0.29, 0.717) is 29.2 Å². The molecule has 0 atom stereocenters. The molecule has 0 fully saturated rings. The maximum absolute atomic E-state index is 13.2. The van der Waals surface area contributed by atoms with Crippen LogP contribution in [0.2, 0.25) is 0 Å². The molecule has 0 saturated heterocycles. The zero-order chi connectivity index (χ0) is 23.7. The van der Waals surface area contributed by atoms with Crippen LogP contribution in [0.25, 0.3) is 16.7 Å². The molecule has 0 saturated carbocycles. The van der Waals surface area contributed by atoms with Crippen molar-refractivity contribution in [3.8, 4) is 11.8 Å². The smallest absolute Gasteiger partial charge is 0.282 e. The van der Waals surface area contributed by atoms with Gasteiger partial charge in [-0.05, 0) is 57.5 Å². The summed E-state index contributed by atoms with van der Waals surface area (Å²) in [5.74, 6) is -0.125. The van der Waals surface area contributed by atoms with E-state index in [4.69, 9.17) is 9.72 Å². The Hall–Kier alpha value is -4.25. The number of hydrogen-bond acceptors (Lipinski definition) is 5. The molecule has 3 aromatic heterocycles. The van der Waals surface area contributed by atoms with Crippen LogP contribution < -0.4 is 15.8 Å². The number of benzene rings is 1. The third-order valence-corrected chi connectivity index (χ3v) is 5.31. The molecule has 0 spiro atoms. The average molecular weight is 441 g/mol. The first-order valence-corrected chi connectivity index (χ1v) is 10.7. The monoisotopic (exact) mass is 441 g/mol. The van der Waals surface area contributed by atoms with Gasteiger partial charge in [0.05, 0.1) is 23.1 Å². The molecule has 4 rings (SSSR count). The average Bonchev–Trinajstić information content (AvgIpc) is 2.80. The summed E-state index contributed by atoms with van der Waals surface area (Å²) in [5, 5.41) is 10.1. The van der Waals surface area contributed by atoms with Crippen molar-refractivity contribution in [1.29, 1.82) is 5.26 Å². The van der Waals surface area contributed by atoms with E-state index >= 15 is 0 Å². The number of carbonyl (C=O) groups is 1. The number of para-hydroxylation sites is 1. The zero-order valence-electron chi connectivity index (χ0n) is 18.9. The minimum absolute atomic E-state index is 0.116. The summed E-state index contributed by atoms with van der Waals surface area (Å²) in [7, 11) is 0. The molecular formula is C25H23N5O3. The van der Waals surface area contributed by atoms with Crippen molar-refractivity contribution >= 4 is 22.6 Å². The lowest BCUT2D eigenvalue weighted by Gasteiger charge is -2.17. The number of amides is 1. The van der Waals surface area contributed by atoms with Crippen molar-refractivity contribution in [2.75, 3.05) is 6.61 Å². The number of carbonyl (C=O) groups excluding carboxylic acids is 1. The van der Waals surface area contributed by atoms with Crippen LogP contribution in [0, 0.1) is 18.3 Å². The SMILES string of the molecule is CCOc1ccccc1C(=O)N=c1c(C#N)cc2c(=O)n3cccc(C)c3nc2n1C(C)C. The van der Waals surface area contributed by atoms with Gasteiger partial charge in [0.1, 0.15) is 23.1 Å². The van der Waals surface area contributed by atoms with Crippen LogP contribution in [0.15, 0.2) is 58.4 Å². The summed E-state index contributed by atoms with van der Waals surface area (Å²) >= 11 is 0. The highest BCUT2D eigenvalue weighted by Gasteiger charge is 2.18. The fourth-order valence-corrected chi connectivity index (χ4v) is 3.82. The van der Waals surface area contributed by atoms with Crippen LogP contribution in [0.5, 0.6) is 5.75 Å². The number of aryl methyl sites for hydroxylation is 1. The Morgan fingerprint density at radius 3 is 2.67 bits per heavy atom. The van der Waals surface area contributed by atoms with Crippen molar-refractivity contribution in [3.63, 3.8) is 0 Å². The Balaban J connectivity index is 2.11. The Kier molecular flexibility index (Phi) is 5.80. The van der Waals surface area contributed by atoms with Gasteiger partial charge in [-0.15, -0.1) is 0 Å². The molecule has 3 heterocycles. The third-order valence-electron chi connectivity index (χ3n) is 5.31. The van der Waals surface area contributed by atoms with Crippen LogP contribution in [-0.2, 0) is 0 Å². The highest BCUT2D eigenvalue weighted by molar-refractivity contribution is 5.97. The van der Waals surface area contributed by atoms with Crippen molar-refractivity contribution in [1.82, 2.24) is 14.0 Å². The topological polar surface area (TPSA) is 102 Å². The first-order chi connectivity index (χ1) is 15.9. The van der Waals surface area contributed by atoms with E-state index in [0.717, 1.165) is 5.56 Å². The maximum Gasteiger partial charge on any atom is 0.282 e. The first kappa shape index (κ1) is 22.0. The lowest BCUT2D eigenvalue weighted by atomic mass is 10.1. The molecule has 0 bridgehead atoms.